The van der Waals surface area contributed by atoms with Crippen LogP contribution in [0.3, 0.4) is 0 Å². The van der Waals surface area contributed by atoms with E-state index in [0.717, 1.165) is 0 Å². The van der Waals surface area contributed by atoms with Crippen LogP contribution in [0.4, 0.5) is 5.69 Å². The molecule has 0 saturated heterocycles. The van der Waals surface area contributed by atoms with Gasteiger partial charge in [-0.15, -0.1) is 6.58 Å². The van der Waals surface area contributed by atoms with Crippen molar-refractivity contribution in [2.75, 3.05) is 19.4 Å². The molecule has 104 valence electrons. The summed E-state index contributed by atoms with van der Waals surface area (Å²) in [6, 6.07) is 3.99. The maximum Gasteiger partial charge on any atom is 0.339 e. The lowest BCUT2D eigenvalue weighted by molar-refractivity contribution is 0.0596. The Hall–Kier alpha value is -1.86. The molecule has 6 nitrogen and oxygen atoms in total. The Labute approximate surface area is 112 Å². The summed E-state index contributed by atoms with van der Waals surface area (Å²) in [7, 11) is -2.64. The summed E-state index contributed by atoms with van der Waals surface area (Å²) in [5.74, 6) is -0.732. The Balaban J connectivity index is 3.20. The van der Waals surface area contributed by atoms with Crippen LogP contribution in [0.1, 0.15) is 16.8 Å². The van der Waals surface area contributed by atoms with Crippen LogP contribution in [0.5, 0.6) is 0 Å². The minimum absolute atomic E-state index is 0.0530. The number of rotatable bonds is 6. The Morgan fingerprint density at radius 1 is 1.53 bits per heavy atom. The molecule has 3 N–H and O–H groups in total. The molecule has 7 heteroatoms. The predicted molar refractivity (Wildman–Crippen MR) is 72.2 cm³/mol. The van der Waals surface area contributed by atoms with E-state index < -0.39 is 16.0 Å². The van der Waals surface area contributed by atoms with Crippen molar-refractivity contribution in [2.24, 2.45) is 0 Å². The monoisotopic (exact) mass is 284 g/mol. The summed E-state index contributed by atoms with van der Waals surface area (Å²) >= 11 is 0. The maximum atomic E-state index is 12.1. The highest BCUT2D eigenvalue weighted by atomic mass is 32.2. The van der Waals surface area contributed by atoms with Gasteiger partial charge in [0, 0.05) is 12.2 Å². The first kappa shape index (κ1) is 15.2. The normalized spacial score (nSPS) is 11.0. The number of hydrogen-bond acceptors (Lipinski definition) is 5. The standard InChI is InChI=1S/C12H16N2O4S/c1-3-4-7-14-19(16,17)11-8-9(13)5-6-10(11)12(15)18-2/h3,5-6,8,14H,1,4,7,13H2,2H3. The van der Waals surface area contributed by atoms with Crippen LogP contribution in [0.25, 0.3) is 0 Å². The van der Waals surface area contributed by atoms with Gasteiger partial charge in [0.25, 0.3) is 0 Å². The van der Waals surface area contributed by atoms with Crippen LogP contribution in [0, 0.1) is 0 Å². The van der Waals surface area contributed by atoms with Crippen molar-refractivity contribution >= 4 is 21.7 Å². The molecule has 0 saturated carbocycles. The third-order valence-corrected chi connectivity index (χ3v) is 3.84. The van der Waals surface area contributed by atoms with Crippen LogP contribution in [-0.4, -0.2) is 28.0 Å². The van der Waals surface area contributed by atoms with Crippen molar-refractivity contribution in [3.63, 3.8) is 0 Å². The molecule has 0 aromatic heterocycles. The Kier molecular flexibility index (Phi) is 5.08. The van der Waals surface area contributed by atoms with Crippen molar-refractivity contribution in [1.82, 2.24) is 4.72 Å². The van der Waals surface area contributed by atoms with E-state index in [9.17, 15) is 13.2 Å². The average molecular weight is 284 g/mol. The molecule has 0 aliphatic rings. The summed E-state index contributed by atoms with van der Waals surface area (Å²) < 4.78 is 31.1. The van der Waals surface area contributed by atoms with Crippen LogP contribution < -0.4 is 10.5 Å². The number of carbonyl (C=O) groups is 1. The average Bonchev–Trinajstić information content (AvgIpc) is 2.38. The van der Waals surface area contributed by atoms with Crippen LogP contribution in [-0.2, 0) is 14.8 Å². The summed E-state index contributed by atoms with van der Waals surface area (Å²) in [6.45, 7) is 3.69. The topological polar surface area (TPSA) is 98.5 Å². The molecule has 19 heavy (non-hydrogen) atoms. The fourth-order valence-corrected chi connectivity index (χ4v) is 2.69. The zero-order valence-corrected chi connectivity index (χ0v) is 11.4. The molecule has 1 aromatic rings. The fourth-order valence-electron chi connectivity index (χ4n) is 1.41. The number of benzene rings is 1. The first-order valence-electron chi connectivity index (χ1n) is 5.50. The van der Waals surface area contributed by atoms with Gasteiger partial charge in [0.15, 0.2) is 0 Å². The smallest absolute Gasteiger partial charge is 0.339 e. The van der Waals surface area contributed by atoms with Crippen molar-refractivity contribution in [2.45, 2.75) is 11.3 Å². The predicted octanol–water partition coefficient (Wildman–Crippen LogP) is 0.910. The summed E-state index contributed by atoms with van der Waals surface area (Å²) in [6.07, 6.45) is 2.07. The van der Waals surface area contributed by atoms with Gasteiger partial charge in [-0.25, -0.2) is 17.9 Å². The molecule has 0 bridgehead atoms. The molecule has 0 aliphatic heterocycles. The molecule has 1 aromatic carbocycles. The lowest BCUT2D eigenvalue weighted by Crippen LogP contribution is -2.26. The van der Waals surface area contributed by atoms with Gasteiger partial charge in [-0.05, 0) is 24.6 Å². The van der Waals surface area contributed by atoms with E-state index in [1.807, 2.05) is 0 Å². The highest BCUT2D eigenvalue weighted by Crippen LogP contribution is 2.19. The number of ether oxygens (including phenoxy) is 1. The minimum atomic E-state index is -3.82. The van der Waals surface area contributed by atoms with E-state index in [0.29, 0.717) is 6.42 Å². The van der Waals surface area contributed by atoms with E-state index in [1.54, 1.807) is 6.08 Å². The van der Waals surface area contributed by atoms with E-state index >= 15 is 0 Å². The fraction of sp³-hybridized carbons (Fsp3) is 0.250. The number of sulfonamides is 1. The zero-order chi connectivity index (χ0) is 14.5. The highest BCUT2D eigenvalue weighted by molar-refractivity contribution is 7.89. The first-order valence-corrected chi connectivity index (χ1v) is 6.99. The second-order valence-electron chi connectivity index (χ2n) is 3.72. The van der Waals surface area contributed by atoms with Gasteiger partial charge >= 0.3 is 5.97 Å². The molecule has 1 rings (SSSR count). The molecule has 0 unspecified atom stereocenters. The molecule has 0 atom stereocenters. The minimum Gasteiger partial charge on any atom is -0.465 e. The number of carbonyl (C=O) groups excluding carboxylic acids is 1. The lowest BCUT2D eigenvalue weighted by atomic mass is 10.2. The second kappa shape index (κ2) is 6.35. The number of nitrogen functional groups attached to an aromatic ring is 1. The molecule has 0 heterocycles. The number of nitrogens with one attached hydrogen (secondary N) is 1. The molecular formula is C12H16N2O4S. The molecule has 0 amide bonds. The quantitative estimate of drug-likeness (QED) is 0.350. The van der Waals surface area contributed by atoms with Crippen molar-refractivity contribution < 1.29 is 17.9 Å². The van der Waals surface area contributed by atoms with Crippen molar-refractivity contribution in [1.29, 1.82) is 0 Å². The molecule has 0 spiro atoms. The number of hydrogen-bond donors (Lipinski definition) is 2. The summed E-state index contributed by atoms with van der Waals surface area (Å²) in [4.78, 5) is 11.4. The van der Waals surface area contributed by atoms with Crippen molar-refractivity contribution in [3.05, 3.63) is 36.4 Å². The van der Waals surface area contributed by atoms with Gasteiger partial charge in [0.1, 0.15) is 0 Å². The third kappa shape index (κ3) is 3.80. The van der Waals surface area contributed by atoms with E-state index in [4.69, 9.17) is 5.73 Å². The van der Waals surface area contributed by atoms with Crippen LogP contribution in [0.2, 0.25) is 0 Å². The molecule has 0 aliphatic carbocycles. The summed E-state index contributed by atoms with van der Waals surface area (Å²) in [5, 5.41) is 0. The second-order valence-corrected chi connectivity index (χ2v) is 5.46. The highest BCUT2D eigenvalue weighted by Gasteiger charge is 2.22. The van der Waals surface area contributed by atoms with Crippen LogP contribution in [0.15, 0.2) is 35.7 Å². The largest absolute Gasteiger partial charge is 0.465 e. The SMILES string of the molecule is C=CCCNS(=O)(=O)c1cc(N)ccc1C(=O)OC. The maximum absolute atomic E-state index is 12.1. The Morgan fingerprint density at radius 2 is 2.21 bits per heavy atom. The summed E-state index contributed by atoms with van der Waals surface area (Å²) in [5.41, 5.74) is 5.75. The van der Waals surface area contributed by atoms with Gasteiger partial charge in [-0.1, -0.05) is 6.08 Å². The van der Waals surface area contributed by atoms with Gasteiger partial charge in [-0.2, -0.15) is 0 Å². The Bertz CT molecular complexity index is 581. The first-order chi connectivity index (χ1) is 8.92. The third-order valence-electron chi connectivity index (χ3n) is 2.34. The number of methoxy groups -OCH3 is 1. The zero-order valence-electron chi connectivity index (χ0n) is 10.5. The van der Waals surface area contributed by atoms with E-state index in [1.165, 1.54) is 25.3 Å². The van der Waals surface area contributed by atoms with Gasteiger partial charge < -0.3 is 10.5 Å². The van der Waals surface area contributed by atoms with Gasteiger partial charge in [0.05, 0.1) is 17.6 Å². The Morgan fingerprint density at radius 3 is 2.79 bits per heavy atom. The molecule has 0 fully saturated rings. The molecular weight excluding hydrogens is 268 g/mol. The van der Waals surface area contributed by atoms with Gasteiger partial charge in [0.2, 0.25) is 10.0 Å². The van der Waals surface area contributed by atoms with E-state index in [-0.39, 0.29) is 22.7 Å². The van der Waals surface area contributed by atoms with Gasteiger partial charge in [-0.3, -0.25) is 0 Å². The lowest BCUT2D eigenvalue weighted by Gasteiger charge is -2.10. The number of nitrogens with two attached hydrogens (primary N) is 1. The van der Waals surface area contributed by atoms with Crippen molar-refractivity contribution in [3.8, 4) is 0 Å². The number of anilines is 1. The van der Waals surface area contributed by atoms with E-state index in [2.05, 4.69) is 16.0 Å². The van der Waals surface area contributed by atoms with Crippen LogP contribution >= 0.6 is 0 Å². The molecule has 0 radical (unpaired) electrons. The number of esters is 1.